The molecule has 2 aliphatic heterocycles. The van der Waals surface area contributed by atoms with Gasteiger partial charge in [-0.2, -0.15) is 0 Å². The van der Waals surface area contributed by atoms with Gasteiger partial charge >= 0.3 is 0 Å². The number of carbonyl (C=O) groups is 1. The maximum absolute atomic E-state index is 13.3. The number of benzene rings is 3. The zero-order valence-corrected chi connectivity index (χ0v) is 20.1. The number of amides is 1. The molecule has 0 aliphatic carbocycles. The second-order valence-corrected chi connectivity index (χ2v) is 9.48. The Morgan fingerprint density at radius 3 is 2.23 bits per heavy atom. The van der Waals surface area contributed by atoms with Gasteiger partial charge in [0, 0.05) is 63.0 Å². The van der Waals surface area contributed by atoms with Crippen molar-refractivity contribution >= 4 is 11.6 Å². The standard InChI is InChI=1S/C29H32FN3O2/c1-35-27-13-7-23(8-14-27)29(34)33-20-24(28(21-33)22-5-3-2-4-6-22)19-31-15-17-32(18-16-31)26-11-9-25(30)10-12-26/h2-14,24,28H,15-21H2,1H3/t24-,28-/m1/s1. The molecule has 0 radical (unpaired) electrons. The fraction of sp³-hybridized carbons (Fsp3) is 0.345. The Kier molecular flexibility index (Phi) is 7.00. The SMILES string of the molecule is COc1ccc(C(=O)N2C[C@@H](CN3CCN(c4ccc(F)cc4)CC3)[C@@H](c3ccccc3)C2)cc1. The minimum absolute atomic E-state index is 0.0808. The van der Waals surface area contributed by atoms with Crippen molar-refractivity contribution in [3.63, 3.8) is 0 Å². The van der Waals surface area contributed by atoms with E-state index in [1.165, 1.54) is 17.7 Å². The third-order valence-electron chi connectivity index (χ3n) is 7.35. The zero-order valence-electron chi connectivity index (χ0n) is 20.1. The highest BCUT2D eigenvalue weighted by molar-refractivity contribution is 5.94. The van der Waals surface area contributed by atoms with Crippen molar-refractivity contribution in [1.82, 2.24) is 9.80 Å². The number of hydrogen-bond acceptors (Lipinski definition) is 4. The summed E-state index contributed by atoms with van der Waals surface area (Å²) >= 11 is 0. The second kappa shape index (κ2) is 10.5. The minimum atomic E-state index is -0.200. The largest absolute Gasteiger partial charge is 0.497 e. The van der Waals surface area contributed by atoms with Crippen LogP contribution in [0.25, 0.3) is 0 Å². The van der Waals surface area contributed by atoms with Gasteiger partial charge in [0.05, 0.1) is 7.11 Å². The van der Waals surface area contributed by atoms with Crippen LogP contribution in [0.4, 0.5) is 10.1 Å². The number of piperazine rings is 1. The quantitative estimate of drug-likeness (QED) is 0.528. The highest BCUT2D eigenvalue weighted by Gasteiger charge is 2.37. The number of anilines is 1. The lowest BCUT2D eigenvalue weighted by Crippen LogP contribution is -2.48. The Hall–Kier alpha value is -3.38. The van der Waals surface area contributed by atoms with Crippen LogP contribution in [0.5, 0.6) is 5.75 Å². The van der Waals surface area contributed by atoms with Crippen LogP contribution in [0.2, 0.25) is 0 Å². The molecule has 3 aromatic carbocycles. The van der Waals surface area contributed by atoms with E-state index in [9.17, 15) is 9.18 Å². The molecule has 1 amide bonds. The van der Waals surface area contributed by atoms with E-state index in [0.717, 1.165) is 57.3 Å². The number of nitrogens with zero attached hydrogens (tertiary/aromatic N) is 3. The molecule has 2 fully saturated rings. The molecule has 3 aromatic rings. The van der Waals surface area contributed by atoms with E-state index in [4.69, 9.17) is 4.74 Å². The van der Waals surface area contributed by atoms with Crippen LogP contribution in [-0.4, -0.2) is 68.6 Å². The van der Waals surface area contributed by atoms with Crippen molar-refractivity contribution in [2.24, 2.45) is 5.92 Å². The monoisotopic (exact) mass is 473 g/mol. The summed E-state index contributed by atoms with van der Waals surface area (Å²) in [6.07, 6.45) is 0. The molecule has 182 valence electrons. The first-order chi connectivity index (χ1) is 17.1. The molecular weight excluding hydrogens is 441 g/mol. The van der Waals surface area contributed by atoms with Gasteiger partial charge in [-0.05, 0) is 60.0 Å². The van der Waals surface area contributed by atoms with Gasteiger partial charge in [0.1, 0.15) is 11.6 Å². The summed E-state index contributed by atoms with van der Waals surface area (Å²) in [6.45, 7) is 6.20. The van der Waals surface area contributed by atoms with Crippen LogP contribution in [0.3, 0.4) is 0 Å². The van der Waals surface area contributed by atoms with Crippen LogP contribution in [0.1, 0.15) is 21.8 Å². The maximum atomic E-state index is 13.3. The van der Waals surface area contributed by atoms with E-state index in [1.54, 1.807) is 7.11 Å². The van der Waals surface area contributed by atoms with Gasteiger partial charge in [-0.25, -0.2) is 4.39 Å². The van der Waals surface area contributed by atoms with Crippen LogP contribution < -0.4 is 9.64 Å². The maximum Gasteiger partial charge on any atom is 0.253 e. The molecule has 0 unspecified atom stereocenters. The Morgan fingerprint density at radius 2 is 1.57 bits per heavy atom. The molecule has 6 heteroatoms. The Labute approximate surface area is 206 Å². The normalized spacial score (nSPS) is 20.7. The number of ether oxygens (including phenoxy) is 1. The smallest absolute Gasteiger partial charge is 0.253 e. The number of carbonyl (C=O) groups excluding carboxylic acids is 1. The van der Waals surface area contributed by atoms with Crippen molar-refractivity contribution in [2.75, 3.05) is 57.8 Å². The molecular formula is C29H32FN3O2. The van der Waals surface area contributed by atoms with Crippen LogP contribution in [0.15, 0.2) is 78.9 Å². The lowest BCUT2D eigenvalue weighted by molar-refractivity contribution is 0.0782. The third kappa shape index (κ3) is 5.33. The molecule has 0 saturated carbocycles. The van der Waals surface area contributed by atoms with Gasteiger partial charge in [-0.3, -0.25) is 9.69 Å². The van der Waals surface area contributed by atoms with Gasteiger partial charge in [-0.15, -0.1) is 0 Å². The van der Waals surface area contributed by atoms with E-state index in [2.05, 4.69) is 34.1 Å². The van der Waals surface area contributed by atoms with Crippen molar-refractivity contribution in [3.05, 3.63) is 95.8 Å². The Morgan fingerprint density at radius 1 is 0.886 bits per heavy atom. The van der Waals surface area contributed by atoms with Gasteiger partial charge < -0.3 is 14.5 Å². The highest BCUT2D eigenvalue weighted by atomic mass is 19.1. The van der Waals surface area contributed by atoms with Crippen molar-refractivity contribution in [1.29, 1.82) is 0 Å². The number of hydrogen-bond donors (Lipinski definition) is 0. The summed E-state index contributed by atoms with van der Waals surface area (Å²) in [5.74, 6) is 1.32. The third-order valence-corrected chi connectivity index (χ3v) is 7.35. The summed E-state index contributed by atoms with van der Waals surface area (Å²) in [4.78, 5) is 20.2. The van der Waals surface area contributed by atoms with Crippen LogP contribution >= 0.6 is 0 Å². The van der Waals surface area contributed by atoms with E-state index >= 15 is 0 Å². The minimum Gasteiger partial charge on any atom is -0.497 e. The Bertz CT molecular complexity index is 1110. The average Bonchev–Trinajstić information content (AvgIpc) is 3.33. The molecule has 35 heavy (non-hydrogen) atoms. The van der Waals surface area contributed by atoms with Crippen LogP contribution in [-0.2, 0) is 0 Å². The summed E-state index contributed by atoms with van der Waals surface area (Å²) in [7, 11) is 1.63. The molecule has 0 bridgehead atoms. The van der Waals surface area contributed by atoms with E-state index in [1.807, 2.05) is 47.4 Å². The summed E-state index contributed by atoms with van der Waals surface area (Å²) < 4.78 is 18.5. The number of halogens is 1. The lowest BCUT2D eigenvalue weighted by Gasteiger charge is -2.37. The van der Waals surface area contributed by atoms with Crippen molar-refractivity contribution in [2.45, 2.75) is 5.92 Å². The fourth-order valence-corrected chi connectivity index (χ4v) is 5.39. The first-order valence-corrected chi connectivity index (χ1v) is 12.3. The molecule has 5 rings (SSSR count). The fourth-order valence-electron chi connectivity index (χ4n) is 5.39. The average molecular weight is 474 g/mol. The number of likely N-dealkylation sites (tertiary alicyclic amines) is 1. The predicted molar refractivity (Wildman–Crippen MR) is 137 cm³/mol. The molecule has 2 saturated heterocycles. The molecule has 2 heterocycles. The van der Waals surface area contributed by atoms with Gasteiger partial charge in [-0.1, -0.05) is 30.3 Å². The predicted octanol–water partition coefficient (Wildman–Crippen LogP) is 4.51. The number of methoxy groups -OCH3 is 1. The number of rotatable bonds is 6. The summed E-state index contributed by atoms with van der Waals surface area (Å²) in [5.41, 5.74) is 3.07. The second-order valence-electron chi connectivity index (χ2n) is 9.48. The highest BCUT2D eigenvalue weighted by Crippen LogP contribution is 2.34. The van der Waals surface area contributed by atoms with Gasteiger partial charge in [0.2, 0.25) is 0 Å². The Balaban J connectivity index is 1.26. The lowest BCUT2D eigenvalue weighted by atomic mass is 9.88. The summed E-state index contributed by atoms with van der Waals surface area (Å²) in [5, 5.41) is 0. The topological polar surface area (TPSA) is 36.0 Å². The van der Waals surface area contributed by atoms with E-state index in [0.29, 0.717) is 17.4 Å². The van der Waals surface area contributed by atoms with Gasteiger partial charge in [0.25, 0.3) is 5.91 Å². The van der Waals surface area contributed by atoms with Crippen molar-refractivity contribution in [3.8, 4) is 5.75 Å². The van der Waals surface area contributed by atoms with Gasteiger partial charge in [0.15, 0.2) is 0 Å². The molecule has 0 aromatic heterocycles. The summed E-state index contributed by atoms with van der Waals surface area (Å²) in [6, 6.07) is 24.7. The first-order valence-electron chi connectivity index (χ1n) is 12.3. The molecule has 5 nitrogen and oxygen atoms in total. The molecule has 0 N–H and O–H groups in total. The molecule has 0 spiro atoms. The first kappa shape index (κ1) is 23.4. The molecule has 2 atom stereocenters. The van der Waals surface area contributed by atoms with E-state index < -0.39 is 0 Å². The van der Waals surface area contributed by atoms with Crippen molar-refractivity contribution < 1.29 is 13.9 Å². The zero-order chi connectivity index (χ0) is 24.2. The van der Waals surface area contributed by atoms with E-state index in [-0.39, 0.29) is 11.7 Å². The molecule has 2 aliphatic rings. The van der Waals surface area contributed by atoms with Crippen LogP contribution in [0, 0.1) is 11.7 Å².